The SMILES string of the molecule is CCc1ccc(C(CNC(=O)c2cc(OC)c(OC(F)F)cc2[N+](=O)[O-])N(C)C)cc1. The first-order chi connectivity index (χ1) is 14.7. The van der Waals surface area contributed by atoms with Gasteiger partial charge in [-0.3, -0.25) is 14.9 Å². The van der Waals surface area contributed by atoms with E-state index < -0.39 is 28.9 Å². The summed E-state index contributed by atoms with van der Waals surface area (Å²) in [7, 11) is 4.89. The molecule has 1 N–H and O–H groups in total. The number of ether oxygens (including phenoxy) is 2. The van der Waals surface area contributed by atoms with Crippen LogP contribution in [0.3, 0.4) is 0 Å². The second-order valence-corrected chi connectivity index (χ2v) is 6.94. The Labute approximate surface area is 178 Å². The molecule has 10 heteroatoms. The van der Waals surface area contributed by atoms with Gasteiger partial charge in [-0.05, 0) is 31.6 Å². The summed E-state index contributed by atoms with van der Waals surface area (Å²) in [5.74, 6) is -1.47. The van der Waals surface area contributed by atoms with E-state index >= 15 is 0 Å². The molecule has 8 nitrogen and oxygen atoms in total. The number of likely N-dealkylation sites (N-methyl/N-ethyl adjacent to an activating group) is 1. The summed E-state index contributed by atoms with van der Waals surface area (Å²) in [5.41, 5.74) is 1.17. The molecule has 0 heterocycles. The van der Waals surface area contributed by atoms with E-state index in [1.54, 1.807) is 0 Å². The highest BCUT2D eigenvalue weighted by atomic mass is 19.3. The van der Waals surface area contributed by atoms with Crippen LogP contribution in [0.15, 0.2) is 36.4 Å². The Hall–Kier alpha value is -3.27. The Morgan fingerprint density at radius 3 is 2.32 bits per heavy atom. The van der Waals surface area contributed by atoms with Crippen LogP contribution in [0.4, 0.5) is 14.5 Å². The van der Waals surface area contributed by atoms with Crippen molar-refractivity contribution in [2.75, 3.05) is 27.7 Å². The van der Waals surface area contributed by atoms with Gasteiger partial charge in [-0.25, -0.2) is 0 Å². The normalized spacial score (nSPS) is 12.0. The van der Waals surface area contributed by atoms with E-state index in [0.717, 1.165) is 24.1 Å². The van der Waals surface area contributed by atoms with Gasteiger partial charge in [0.25, 0.3) is 11.6 Å². The molecule has 0 saturated carbocycles. The average Bonchev–Trinajstić information content (AvgIpc) is 2.73. The molecule has 0 fully saturated rings. The van der Waals surface area contributed by atoms with E-state index in [4.69, 9.17) is 4.74 Å². The lowest BCUT2D eigenvalue weighted by Crippen LogP contribution is -2.34. The molecule has 0 bridgehead atoms. The van der Waals surface area contributed by atoms with E-state index in [0.29, 0.717) is 0 Å². The maximum Gasteiger partial charge on any atom is 0.387 e. The lowest BCUT2D eigenvalue weighted by molar-refractivity contribution is -0.385. The van der Waals surface area contributed by atoms with Gasteiger partial charge in [-0.15, -0.1) is 0 Å². The van der Waals surface area contributed by atoms with Gasteiger partial charge >= 0.3 is 6.61 Å². The molecule has 0 aliphatic heterocycles. The van der Waals surface area contributed by atoms with Crippen LogP contribution in [0.5, 0.6) is 11.5 Å². The molecule has 0 aromatic heterocycles. The molecule has 1 atom stereocenters. The number of nitrogens with one attached hydrogen (secondary N) is 1. The quantitative estimate of drug-likeness (QED) is 0.449. The van der Waals surface area contributed by atoms with E-state index in [2.05, 4.69) is 17.0 Å². The van der Waals surface area contributed by atoms with Gasteiger partial charge in [0.15, 0.2) is 11.5 Å². The maximum atomic E-state index is 12.8. The predicted molar refractivity (Wildman–Crippen MR) is 111 cm³/mol. The Balaban J connectivity index is 2.28. The molecular weight excluding hydrogens is 412 g/mol. The number of nitro groups is 1. The molecule has 0 radical (unpaired) electrons. The van der Waals surface area contributed by atoms with E-state index in [-0.39, 0.29) is 23.9 Å². The second-order valence-electron chi connectivity index (χ2n) is 6.94. The summed E-state index contributed by atoms with van der Waals surface area (Å²) in [6, 6.07) is 9.54. The van der Waals surface area contributed by atoms with Crippen molar-refractivity contribution in [3.05, 3.63) is 63.2 Å². The molecule has 0 saturated heterocycles. The van der Waals surface area contributed by atoms with Gasteiger partial charge in [0.05, 0.1) is 24.1 Å². The fourth-order valence-corrected chi connectivity index (χ4v) is 3.09. The summed E-state index contributed by atoms with van der Waals surface area (Å²) in [4.78, 5) is 25.3. The van der Waals surface area contributed by atoms with Crippen LogP contribution in [-0.2, 0) is 6.42 Å². The minimum atomic E-state index is -3.20. The average molecular weight is 437 g/mol. The highest BCUT2D eigenvalue weighted by Gasteiger charge is 2.26. The number of alkyl halides is 2. The van der Waals surface area contributed by atoms with Crippen LogP contribution in [0.1, 0.15) is 34.5 Å². The molecule has 1 amide bonds. The number of aryl methyl sites for hydroxylation is 1. The summed E-state index contributed by atoms with van der Waals surface area (Å²) in [6.45, 7) is -0.975. The van der Waals surface area contributed by atoms with Gasteiger partial charge in [0.1, 0.15) is 5.56 Å². The monoisotopic (exact) mass is 437 g/mol. The highest BCUT2D eigenvalue weighted by molar-refractivity contribution is 5.99. The van der Waals surface area contributed by atoms with Crippen LogP contribution in [-0.4, -0.2) is 50.1 Å². The molecular formula is C21H25F2N3O5. The third-order valence-corrected chi connectivity index (χ3v) is 4.79. The van der Waals surface area contributed by atoms with Crippen LogP contribution >= 0.6 is 0 Å². The van der Waals surface area contributed by atoms with Crippen molar-refractivity contribution in [2.45, 2.75) is 26.0 Å². The van der Waals surface area contributed by atoms with Gasteiger partial charge in [-0.2, -0.15) is 8.78 Å². The van der Waals surface area contributed by atoms with Crippen LogP contribution in [0, 0.1) is 10.1 Å². The zero-order chi connectivity index (χ0) is 23.1. The number of carbonyl (C=O) groups is 1. The molecule has 31 heavy (non-hydrogen) atoms. The molecule has 1 unspecified atom stereocenters. The molecule has 168 valence electrons. The Morgan fingerprint density at radius 1 is 1.19 bits per heavy atom. The van der Waals surface area contributed by atoms with Gasteiger partial charge in [-0.1, -0.05) is 31.2 Å². The maximum absolute atomic E-state index is 12.8. The summed E-state index contributed by atoms with van der Waals surface area (Å²) >= 11 is 0. The van der Waals surface area contributed by atoms with Gasteiger partial charge in [0.2, 0.25) is 0 Å². The van der Waals surface area contributed by atoms with Crippen LogP contribution in [0.25, 0.3) is 0 Å². The zero-order valence-corrected chi connectivity index (χ0v) is 17.7. The van der Waals surface area contributed by atoms with Gasteiger partial charge in [0, 0.05) is 12.6 Å². The lowest BCUT2D eigenvalue weighted by Gasteiger charge is -2.25. The minimum absolute atomic E-state index is 0.173. The predicted octanol–water partition coefficient (Wildman–Crippen LogP) is 3.80. The first-order valence-corrected chi connectivity index (χ1v) is 9.52. The van der Waals surface area contributed by atoms with Crippen molar-refractivity contribution in [2.24, 2.45) is 0 Å². The fraction of sp³-hybridized carbons (Fsp3) is 0.381. The first kappa shape index (κ1) is 24.0. The summed E-state index contributed by atoms with van der Waals surface area (Å²) in [5, 5.41) is 14.1. The third kappa shape index (κ3) is 6.11. The number of methoxy groups -OCH3 is 1. The van der Waals surface area contributed by atoms with Crippen LogP contribution < -0.4 is 14.8 Å². The first-order valence-electron chi connectivity index (χ1n) is 9.52. The Bertz CT molecular complexity index is 920. The molecule has 0 spiro atoms. The molecule has 0 aliphatic carbocycles. The van der Waals surface area contributed by atoms with E-state index in [1.165, 1.54) is 12.7 Å². The number of halogens is 2. The van der Waals surface area contributed by atoms with Crippen molar-refractivity contribution < 1.29 is 28.0 Å². The molecule has 2 aromatic rings. The number of hydrogen-bond donors (Lipinski definition) is 1. The van der Waals surface area contributed by atoms with Gasteiger partial charge < -0.3 is 19.7 Å². The summed E-state index contributed by atoms with van der Waals surface area (Å²) in [6.07, 6.45) is 0.903. The van der Waals surface area contributed by atoms with Crippen molar-refractivity contribution >= 4 is 11.6 Å². The number of rotatable bonds is 10. The Morgan fingerprint density at radius 2 is 1.84 bits per heavy atom. The van der Waals surface area contributed by atoms with Crippen LogP contribution in [0.2, 0.25) is 0 Å². The fourth-order valence-electron chi connectivity index (χ4n) is 3.09. The molecule has 0 aliphatic rings. The number of amides is 1. The smallest absolute Gasteiger partial charge is 0.387 e. The largest absolute Gasteiger partial charge is 0.493 e. The standard InChI is InChI=1S/C21H25F2N3O5/c1-5-13-6-8-14(9-7-13)17(25(2)3)12-24-20(27)15-10-18(30-4)19(31-21(22)23)11-16(15)26(28)29/h6-11,17,21H,5,12H2,1-4H3,(H,24,27). The minimum Gasteiger partial charge on any atom is -0.493 e. The van der Waals surface area contributed by atoms with Crippen molar-refractivity contribution in [1.29, 1.82) is 0 Å². The van der Waals surface area contributed by atoms with E-state index in [9.17, 15) is 23.7 Å². The highest BCUT2D eigenvalue weighted by Crippen LogP contribution is 2.35. The zero-order valence-electron chi connectivity index (χ0n) is 17.7. The third-order valence-electron chi connectivity index (χ3n) is 4.79. The molecule has 2 aromatic carbocycles. The number of nitro benzene ring substituents is 1. The number of nitrogens with zero attached hydrogens (tertiary/aromatic N) is 2. The summed E-state index contributed by atoms with van der Waals surface area (Å²) < 4.78 is 34.4. The number of hydrogen-bond acceptors (Lipinski definition) is 6. The number of benzene rings is 2. The second kappa shape index (κ2) is 10.7. The van der Waals surface area contributed by atoms with E-state index in [1.807, 2.05) is 43.3 Å². The Kier molecular flexibility index (Phi) is 8.26. The van der Waals surface area contributed by atoms with Crippen molar-refractivity contribution in [3.63, 3.8) is 0 Å². The molecule has 2 rings (SSSR count). The van der Waals surface area contributed by atoms with Crippen molar-refractivity contribution in [3.8, 4) is 11.5 Å². The van der Waals surface area contributed by atoms with Crippen molar-refractivity contribution in [1.82, 2.24) is 10.2 Å². The topological polar surface area (TPSA) is 93.9 Å². The lowest BCUT2D eigenvalue weighted by atomic mass is 10.0. The number of carbonyl (C=O) groups excluding carboxylic acids is 1.